The molecule has 3 aromatic rings. The molecule has 2 aromatic carbocycles. The van der Waals surface area contributed by atoms with Gasteiger partial charge in [-0.05, 0) is 37.5 Å². The average molecular weight is 624 g/mol. The minimum atomic E-state index is -2.15. The summed E-state index contributed by atoms with van der Waals surface area (Å²) in [6.07, 6.45) is 0.515. The molecule has 2 unspecified atom stereocenters. The molecule has 1 heterocycles. The van der Waals surface area contributed by atoms with Gasteiger partial charge in [0.25, 0.3) is 11.6 Å². The summed E-state index contributed by atoms with van der Waals surface area (Å²) in [5.41, 5.74) is 4.02. The fraction of sp³-hybridized carbons (Fsp3) is 0.400. The predicted molar refractivity (Wildman–Crippen MR) is 160 cm³/mol. The molecule has 45 heavy (non-hydrogen) atoms. The number of imide groups is 1. The minimum absolute atomic E-state index is 0.0475. The average Bonchev–Trinajstić information content (AvgIpc) is 3.58. The minimum Gasteiger partial charge on any atom is -0.466 e. The number of hydrogen-bond acceptors (Lipinski definition) is 11. The first-order chi connectivity index (χ1) is 21.4. The maximum Gasteiger partial charge on any atom is 0.355 e. The third kappa shape index (κ3) is 7.56. The van der Waals surface area contributed by atoms with Gasteiger partial charge in [-0.3, -0.25) is 24.5 Å². The van der Waals surface area contributed by atoms with Crippen LogP contribution in [0.3, 0.4) is 0 Å². The lowest BCUT2D eigenvalue weighted by molar-refractivity contribution is -0.384. The number of nitrogens with one attached hydrogen (secondary N) is 1. The predicted octanol–water partition coefficient (Wildman–Crippen LogP) is 1.55. The zero-order valence-electron chi connectivity index (χ0n) is 25.4. The maximum absolute atomic E-state index is 14.3. The van der Waals surface area contributed by atoms with Gasteiger partial charge in [-0.1, -0.05) is 49.4 Å². The molecular formula is C30H37N7O8. The number of nitro benzene ring substituents is 1. The lowest BCUT2D eigenvalue weighted by atomic mass is 9.88. The summed E-state index contributed by atoms with van der Waals surface area (Å²) in [6, 6.07) is 11.2. The van der Waals surface area contributed by atoms with Gasteiger partial charge in [0.1, 0.15) is 0 Å². The van der Waals surface area contributed by atoms with E-state index < -0.39 is 64.8 Å². The highest BCUT2D eigenvalue weighted by atomic mass is 16.6. The van der Waals surface area contributed by atoms with E-state index >= 15 is 0 Å². The largest absolute Gasteiger partial charge is 0.466 e. The molecular weight excluding hydrogens is 586 g/mol. The highest BCUT2D eigenvalue weighted by molar-refractivity contribution is 6.08. The van der Waals surface area contributed by atoms with Crippen molar-refractivity contribution in [2.75, 3.05) is 7.11 Å². The number of nitro groups is 1. The number of amides is 3. The van der Waals surface area contributed by atoms with Crippen LogP contribution in [0, 0.1) is 16.0 Å². The third-order valence-corrected chi connectivity index (χ3v) is 7.56. The first-order valence-electron chi connectivity index (χ1n) is 14.2. The molecule has 0 bridgehead atoms. The van der Waals surface area contributed by atoms with Gasteiger partial charge in [0.05, 0.1) is 42.8 Å². The van der Waals surface area contributed by atoms with Crippen LogP contribution in [0.5, 0.6) is 0 Å². The molecule has 0 aliphatic rings. The van der Waals surface area contributed by atoms with E-state index in [0.717, 1.165) is 16.7 Å². The lowest BCUT2D eigenvalue weighted by Gasteiger charge is -2.43. The topological polar surface area (TPSA) is 213 Å². The number of aliphatic hydroxyl groups is 1. The Kier molecular flexibility index (Phi) is 11.6. The summed E-state index contributed by atoms with van der Waals surface area (Å²) in [5.74, 6) is -4.19. The number of esters is 1. The zero-order valence-corrected chi connectivity index (χ0v) is 25.4. The van der Waals surface area contributed by atoms with Gasteiger partial charge in [0.15, 0.2) is 0 Å². The van der Waals surface area contributed by atoms with E-state index in [0.29, 0.717) is 5.56 Å². The Balaban J connectivity index is 2.11. The quantitative estimate of drug-likeness (QED) is 0.133. The van der Waals surface area contributed by atoms with Gasteiger partial charge >= 0.3 is 5.97 Å². The summed E-state index contributed by atoms with van der Waals surface area (Å²) in [4.78, 5) is 66.1. The monoisotopic (exact) mass is 623 g/mol. The Morgan fingerprint density at radius 3 is 2.29 bits per heavy atom. The Hall–Kier alpha value is -5.02. The molecule has 240 valence electrons. The van der Waals surface area contributed by atoms with E-state index in [1.165, 1.54) is 55.7 Å². The number of methoxy groups -OCH3 is 1. The van der Waals surface area contributed by atoms with Crippen molar-refractivity contribution in [3.8, 4) is 0 Å². The molecule has 0 saturated carbocycles. The molecule has 3 rings (SSSR count). The number of hydrogen-bond donors (Lipinski definition) is 3. The molecule has 1 aromatic heterocycles. The van der Waals surface area contributed by atoms with Crippen LogP contribution in [0.2, 0.25) is 0 Å². The van der Waals surface area contributed by atoms with Crippen LogP contribution >= 0.6 is 0 Å². The number of aliphatic hydroxyl groups excluding tert-OH is 1. The Bertz CT molecular complexity index is 1480. The highest BCUT2D eigenvalue weighted by Crippen LogP contribution is 2.36. The summed E-state index contributed by atoms with van der Waals surface area (Å²) < 4.78 is 6.25. The van der Waals surface area contributed by atoms with E-state index in [1.54, 1.807) is 32.0 Å². The van der Waals surface area contributed by atoms with E-state index in [9.17, 15) is 34.4 Å². The SMILES string of the molecule is CC[C@H](C)[C@@](C(=O)OC)(N(C(=O)CC(O)[C@H](Cc1ccc([N+](=O)[O-])cc1)NC(=O)C(C)N)C(=O)c1ccccc1)n1ccnn1. The summed E-state index contributed by atoms with van der Waals surface area (Å²) >= 11 is 0. The van der Waals surface area contributed by atoms with Crippen LogP contribution in [0.25, 0.3) is 0 Å². The standard InChI is InChI=1S/C30H37N7O8/c1-5-19(2)30(29(42)45-4,35-16-15-32-34-35)36(28(41)22-9-7-6-8-10-22)26(39)18-25(38)24(33-27(40)20(3)31)17-21-11-13-23(14-12-21)37(43)44/h6-16,19-20,24-25,38H,5,17-18,31H2,1-4H3,(H,33,40)/t19-,20?,24-,25?,30-/m0/s1. The van der Waals surface area contributed by atoms with Gasteiger partial charge in [-0.25, -0.2) is 14.4 Å². The van der Waals surface area contributed by atoms with Crippen LogP contribution in [0.4, 0.5) is 5.69 Å². The van der Waals surface area contributed by atoms with Crippen molar-refractivity contribution in [1.82, 2.24) is 25.2 Å². The number of nitrogens with zero attached hydrogens (tertiary/aromatic N) is 5. The summed E-state index contributed by atoms with van der Waals surface area (Å²) in [6.45, 7) is 4.84. The summed E-state index contributed by atoms with van der Waals surface area (Å²) in [5, 5.41) is 32.9. The Morgan fingerprint density at radius 2 is 1.78 bits per heavy atom. The molecule has 5 atom stereocenters. The number of carbonyl (C=O) groups excluding carboxylic acids is 4. The smallest absolute Gasteiger partial charge is 0.355 e. The molecule has 0 fully saturated rings. The number of benzene rings is 2. The van der Waals surface area contributed by atoms with Crippen LogP contribution in [0.1, 0.15) is 49.5 Å². The molecule has 0 saturated heterocycles. The van der Waals surface area contributed by atoms with Crippen molar-refractivity contribution in [1.29, 1.82) is 0 Å². The van der Waals surface area contributed by atoms with Crippen molar-refractivity contribution < 1.29 is 33.9 Å². The number of carbonyl (C=O) groups is 4. The third-order valence-electron chi connectivity index (χ3n) is 7.56. The van der Waals surface area contributed by atoms with Crippen LogP contribution in [0.15, 0.2) is 67.0 Å². The second kappa shape index (κ2) is 15.1. The van der Waals surface area contributed by atoms with Crippen LogP contribution in [-0.2, 0) is 31.2 Å². The van der Waals surface area contributed by atoms with Gasteiger partial charge in [0.2, 0.25) is 17.5 Å². The normalized spacial score (nSPS) is 15.1. The maximum atomic E-state index is 14.3. The lowest BCUT2D eigenvalue weighted by Crippen LogP contribution is -2.65. The molecule has 15 nitrogen and oxygen atoms in total. The first kappa shape index (κ1) is 34.5. The van der Waals surface area contributed by atoms with Crippen molar-refractivity contribution in [2.24, 2.45) is 11.7 Å². The van der Waals surface area contributed by atoms with Crippen molar-refractivity contribution >= 4 is 29.4 Å². The number of rotatable bonds is 14. The molecule has 0 aliphatic heterocycles. The fourth-order valence-electron chi connectivity index (χ4n) is 4.95. The molecule has 0 aliphatic carbocycles. The Labute approximate surface area is 259 Å². The molecule has 0 spiro atoms. The van der Waals surface area contributed by atoms with E-state index in [-0.39, 0.29) is 24.1 Å². The number of ether oxygens (including phenoxy) is 1. The van der Waals surface area contributed by atoms with Crippen molar-refractivity contribution in [3.63, 3.8) is 0 Å². The van der Waals surface area contributed by atoms with Gasteiger partial charge in [-0.2, -0.15) is 0 Å². The second-order valence-corrected chi connectivity index (χ2v) is 10.6. The first-order valence-corrected chi connectivity index (χ1v) is 14.2. The van der Waals surface area contributed by atoms with E-state index in [4.69, 9.17) is 10.5 Å². The van der Waals surface area contributed by atoms with Crippen molar-refractivity contribution in [3.05, 3.63) is 88.2 Å². The van der Waals surface area contributed by atoms with E-state index in [2.05, 4.69) is 15.6 Å². The Morgan fingerprint density at radius 1 is 1.13 bits per heavy atom. The molecule has 4 N–H and O–H groups in total. The number of aromatic nitrogens is 3. The highest BCUT2D eigenvalue weighted by Gasteiger charge is 2.57. The van der Waals surface area contributed by atoms with Crippen LogP contribution < -0.4 is 11.1 Å². The van der Waals surface area contributed by atoms with Crippen molar-refractivity contribution in [2.45, 2.75) is 63.9 Å². The second-order valence-electron chi connectivity index (χ2n) is 10.6. The molecule has 0 radical (unpaired) electrons. The number of non-ortho nitro benzene ring substituents is 1. The summed E-state index contributed by atoms with van der Waals surface area (Å²) in [7, 11) is 1.12. The van der Waals surface area contributed by atoms with Gasteiger partial charge in [0, 0.05) is 29.8 Å². The van der Waals surface area contributed by atoms with Gasteiger partial charge in [-0.15, -0.1) is 5.10 Å². The van der Waals surface area contributed by atoms with Gasteiger partial charge < -0.3 is 20.9 Å². The van der Waals surface area contributed by atoms with Crippen LogP contribution in [-0.4, -0.2) is 78.9 Å². The van der Waals surface area contributed by atoms with E-state index in [1.807, 2.05) is 0 Å². The zero-order chi connectivity index (χ0) is 33.3. The number of nitrogens with two attached hydrogens (primary N) is 1. The molecule has 15 heteroatoms. The fourth-order valence-corrected chi connectivity index (χ4v) is 4.95. The molecule has 3 amide bonds.